The molecule has 0 spiro atoms. The summed E-state index contributed by atoms with van der Waals surface area (Å²) in [7, 11) is -0.870. The Hall–Kier alpha value is -4.07. The van der Waals surface area contributed by atoms with E-state index in [0.717, 1.165) is 0 Å². The Balaban J connectivity index is 1.37. The molecule has 1 aromatic heterocycles. The Bertz CT molecular complexity index is 1360. The summed E-state index contributed by atoms with van der Waals surface area (Å²) in [4.78, 5) is 13.9. The number of halogens is 4. The lowest BCUT2D eigenvalue weighted by Crippen LogP contribution is -2.39. The third-order valence-electron chi connectivity index (χ3n) is 5.54. The molecule has 1 aliphatic rings. The molecule has 1 unspecified atom stereocenters. The first-order chi connectivity index (χ1) is 18.0. The van der Waals surface area contributed by atoms with Gasteiger partial charge in [-0.2, -0.15) is 13.2 Å². The predicted molar refractivity (Wildman–Crippen MR) is 139 cm³/mol. The topological polar surface area (TPSA) is 122 Å². The van der Waals surface area contributed by atoms with Crippen LogP contribution in [-0.4, -0.2) is 41.3 Å². The lowest BCUT2D eigenvalue weighted by molar-refractivity contribution is -0.137. The third-order valence-corrected chi connectivity index (χ3v) is 6.40. The van der Waals surface area contributed by atoms with Crippen molar-refractivity contribution in [2.75, 3.05) is 51.4 Å². The number of carbonyl (C=O) groups excluding carboxylic acids is 1. The van der Waals surface area contributed by atoms with E-state index in [1.807, 2.05) is 0 Å². The van der Waals surface area contributed by atoms with E-state index in [1.165, 1.54) is 0 Å². The van der Waals surface area contributed by atoms with Crippen LogP contribution in [0.3, 0.4) is 0 Å². The highest BCUT2D eigenvalue weighted by Gasteiger charge is 2.31. The minimum atomic E-state index is -4.68. The number of carbonyl (C=O) groups is 1. The van der Waals surface area contributed by atoms with Crippen LogP contribution >= 0.6 is 0 Å². The van der Waals surface area contributed by atoms with E-state index >= 15 is 0 Å². The molecule has 0 saturated heterocycles. The molecule has 38 heavy (non-hydrogen) atoms. The fourth-order valence-electron chi connectivity index (χ4n) is 3.67. The molecular formula is C24H24F4N6O3S. The van der Waals surface area contributed by atoms with Crippen LogP contribution in [0.1, 0.15) is 17.5 Å². The molecule has 9 nitrogen and oxygen atoms in total. The zero-order chi connectivity index (χ0) is 27.4. The van der Waals surface area contributed by atoms with Crippen molar-refractivity contribution in [1.29, 1.82) is 5.41 Å². The molecule has 1 aliphatic heterocycles. The van der Waals surface area contributed by atoms with Gasteiger partial charge in [-0.3, -0.25) is 9.62 Å². The van der Waals surface area contributed by atoms with Crippen LogP contribution in [0.25, 0.3) is 0 Å². The van der Waals surface area contributed by atoms with Gasteiger partial charge in [-0.25, -0.2) is 9.18 Å². The van der Waals surface area contributed by atoms with Crippen molar-refractivity contribution in [1.82, 2.24) is 0 Å². The summed E-state index contributed by atoms with van der Waals surface area (Å²) in [5.74, 6) is 0.685. The molecule has 2 heterocycles. The van der Waals surface area contributed by atoms with Gasteiger partial charge in [-0.15, -0.1) is 0 Å². The highest BCUT2D eigenvalue weighted by atomic mass is 32.2. The average Bonchev–Trinajstić information content (AvgIpc) is 3.27. The van der Waals surface area contributed by atoms with E-state index in [0.29, 0.717) is 65.6 Å². The van der Waals surface area contributed by atoms with Gasteiger partial charge in [-0.1, -0.05) is 0 Å². The normalized spacial score (nSPS) is 13.9. The quantitative estimate of drug-likeness (QED) is 0.186. The summed E-state index contributed by atoms with van der Waals surface area (Å²) in [6.07, 6.45) is -2.33. The van der Waals surface area contributed by atoms with Gasteiger partial charge in [0.05, 0.1) is 23.5 Å². The van der Waals surface area contributed by atoms with Gasteiger partial charge in [0.15, 0.2) is 5.88 Å². The Labute approximate surface area is 217 Å². The number of anilines is 5. The Morgan fingerprint density at radius 1 is 1.16 bits per heavy atom. The first kappa shape index (κ1) is 27.0. The Morgan fingerprint density at radius 3 is 2.58 bits per heavy atom. The van der Waals surface area contributed by atoms with Crippen LogP contribution in [-0.2, 0) is 17.0 Å². The number of rotatable bonds is 8. The number of alkyl halides is 3. The van der Waals surface area contributed by atoms with Gasteiger partial charge in [0.2, 0.25) is 5.88 Å². The second-order valence-corrected chi connectivity index (χ2v) is 9.90. The van der Waals surface area contributed by atoms with E-state index in [-0.39, 0.29) is 12.5 Å². The Morgan fingerprint density at radius 2 is 1.89 bits per heavy atom. The molecule has 1 atom stereocenters. The van der Waals surface area contributed by atoms with Crippen molar-refractivity contribution in [3.05, 3.63) is 65.5 Å². The molecule has 202 valence electrons. The average molecular weight is 553 g/mol. The third kappa shape index (κ3) is 6.43. The van der Waals surface area contributed by atoms with Gasteiger partial charge >= 0.3 is 12.2 Å². The SMILES string of the molecule is CS(=O)CCCNc1cc2c(o1)NCN(c1ccc(NC(=O)Nc3cc(C(F)(F)F)ccc3F)cc1)C2=N. The summed E-state index contributed by atoms with van der Waals surface area (Å²) in [6.45, 7) is 0.821. The number of furan rings is 1. The highest BCUT2D eigenvalue weighted by molar-refractivity contribution is 7.84. The number of amidine groups is 1. The maximum absolute atomic E-state index is 13.9. The lowest BCUT2D eigenvalue weighted by atomic mass is 10.2. The van der Waals surface area contributed by atoms with E-state index in [2.05, 4.69) is 21.3 Å². The molecule has 2 aromatic carbocycles. The second kappa shape index (κ2) is 11.1. The molecule has 4 rings (SSSR count). The van der Waals surface area contributed by atoms with E-state index in [4.69, 9.17) is 9.83 Å². The standard InChI is InChI=1S/C24H24F4N6O3S/c1-38(36)10-2-9-30-20-12-17-21(29)34(13-31-22(17)37-20)16-6-4-15(5-7-16)32-23(35)33-19-11-14(24(26,27)28)3-8-18(19)25/h3-8,11-12,29-31H,2,9-10,13H2,1H3,(H2,32,33,35). The van der Waals surface area contributed by atoms with Crippen molar-refractivity contribution < 1.29 is 31.0 Å². The maximum atomic E-state index is 13.9. The largest absolute Gasteiger partial charge is 0.425 e. The zero-order valence-corrected chi connectivity index (χ0v) is 20.9. The molecule has 0 saturated carbocycles. The molecule has 3 aromatic rings. The molecule has 14 heteroatoms. The van der Waals surface area contributed by atoms with Crippen molar-refractivity contribution in [3.8, 4) is 0 Å². The number of nitrogens with zero attached hydrogens (tertiary/aromatic N) is 1. The number of hydrogen-bond acceptors (Lipinski definition) is 6. The molecular weight excluding hydrogens is 528 g/mol. The van der Waals surface area contributed by atoms with Gasteiger partial charge in [0.1, 0.15) is 11.7 Å². The van der Waals surface area contributed by atoms with Crippen molar-refractivity contribution >= 4 is 51.5 Å². The number of amides is 2. The fraction of sp³-hybridized carbons (Fsp3) is 0.250. The van der Waals surface area contributed by atoms with Gasteiger partial charge in [0.25, 0.3) is 0 Å². The summed E-state index contributed by atoms with van der Waals surface area (Å²) in [5, 5.41) is 19.3. The van der Waals surface area contributed by atoms with Crippen molar-refractivity contribution in [3.63, 3.8) is 0 Å². The van der Waals surface area contributed by atoms with Crippen molar-refractivity contribution in [2.45, 2.75) is 12.6 Å². The van der Waals surface area contributed by atoms with Gasteiger partial charge in [-0.05, 0) is 48.9 Å². The van der Waals surface area contributed by atoms with Crippen LogP contribution in [0.15, 0.2) is 52.9 Å². The smallest absolute Gasteiger partial charge is 0.416 e. The first-order valence-corrected chi connectivity index (χ1v) is 13.1. The van der Waals surface area contributed by atoms with Crippen LogP contribution < -0.4 is 26.2 Å². The molecule has 2 amide bonds. The number of benzene rings is 2. The van der Waals surface area contributed by atoms with E-state index < -0.39 is 40.1 Å². The second-order valence-electron chi connectivity index (χ2n) is 8.34. The van der Waals surface area contributed by atoms with Crippen LogP contribution in [0, 0.1) is 11.2 Å². The zero-order valence-electron chi connectivity index (χ0n) is 20.0. The van der Waals surface area contributed by atoms with Crippen LogP contribution in [0.2, 0.25) is 0 Å². The predicted octanol–water partition coefficient (Wildman–Crippen LogP) is 5.48. The first-order valence-electron chi connectivity index (χ1n) is 11.3. The van der Waals surface area contributed by atoms with Gasteiger partial charge < -0.3 is 30.6 Å². The van der Waals surface area contributed by atoms with Crippen LogP contribution in [0.4, 0.5) is 51.2 Å². The molecule has 0 aliphatic carbocycles. The van der Waals surface area contributed by atoms with Crippen molar-refractivity contribution in [2.24, 2.45) is 0 Å². The number of nitrogens with one attached hydrogen (secondary N) is 5. The number of fused-ring (bicyclic) bond motifs is 1. The lowest BCUT2D eigenvalue weighted by Gasteiger charge is -2.29. The molecule has 0 bridgehead atoms. The van der Waals surface area contributed by atoms with Gasteiger partial charge in [0, 0.05) is 46.8 Å². The molecule has 0 fully saturated rings. The number of hydrogen-bond donors (Lipinski definition) is 5. The monoisotopic (exact) mass is 552 g/mol. The minimum Gasteiger partial charge on any atom is -0.425 e. The minimum absolute atomic E-state index is 0.184. The Kier molecular flexibility index (Phi) is 7.90. The molecule has 5 N–H and O–H groups in total. The highest BCUT2D eigenvalue weighted by Crippen LogP contribution is 2.33. The summed E-state index contributed by atoms with van der Waals surface area (Å²) in [6, 6.07) is 8.90. The van der Waals surface area contributed by atoms with E-state index in [9.17, 15) is 26.6 Å². The maximum Gasteiger partial charge on any atom is 0.416 e. The molecule has 0 radical (unpaired) electrons. The summed E-state index contributed by atoms with van der Waals surface area (Å²) < 4.78 is 69.4. The van der Waals surface area contributed by atoms with E-state index in [1.54, 1.807) is 41.5 Å². The fourth-order valence-corrected chi connectivity index (χ4v) is 4.23. The summed E-state index contributed by atoms with van der Waals surface area (Å²) in [5.41, 5.74) is -0.216. The van der Waals surface area contributed by atoms with Crippen LogP contribution in [0.5, 0.6) is 0 Å². The summed E-state index contributed by atoms with van der Waals surface area (Å²) >= 11 is 0. The number of urea groups is 1.